The summed E-state index contributed by atoms with van der Waals surface area (Å²) in [6.45, 7) is 7.13. The summed E-state index contributed by atoms with van der Waals surface area (Å²) in [6, 6.07) is 2.45. The second-order valence-corrected chi connectivity index (χ2v) is 8.57. The number of rotatable bonds is 7. The molecule has 27 heavy (non-hydrogen) atoms. The van der Waals surface area contributed by atoms with Crippen molar-refractivity contribution in [1.82, 2.24) is 29.6 Å². The average molecular weight is 407 g/mol. The quantitative estimate of drug-likeness (QED) is 0.516. The number of thioether (sulfide) groups is 2. The second-order valence-electron chi connectivity index (χ2n) is 6.68. The number of amides is 1. The molecule has 0 saturated carbocycles. The predicted molar refractivity (Wildman–Crippen MR) is 108 cm³/mol. The van der Waals surface area contributed by atoms with Crippen molar-refractivity contribution in [2.45, 2.75) is 74.7 Å². The van der Waals surface area contributed by atoms with Crippen molar-refractivity contribution >= 4 is 29.4 Å². The number of likely N-dealkylation sites (tertiary alicyclic amines) is 1. The highest BCUT2D eigenvalue weighted by Crippen LogP contribution is 2.26. The summed E-state index contributed by atoms with van der Waals surface area (Å²) >= 11 is 3.01. The summed E-state index contributed by atoms with van der Waals surface area (Å²) in [6.07, 6.45) is 6.85. The Labute approximate surface area is 168 Å². The molecule has 2 aromatic heterocycles. The SMILES string of the molecule is CCn1c(CSc2ncccn2)nnc1SCC(=O)N1[C@H](C)CCC[C@@H]1C. The van der Waals surface area contributed by atoms with Crippen LogP contribution in [0.5, 0.6) is 0 Å². The van der Waals surface area contributed by atoms with Crippen molar-refractivity contribution in [2.75, 3.05) is 5.75 Å². The Kier molecular flexibility index (Phi) is 7.12. The first kappa shape index (κ1) is 20.1. The van der Waals surface area contributed by atoms with Crippen LogP contribution in [0.15, 0.2) is 28.8 Å². The van der Waals surface area contributed by atoms with Crippen molar-refractivity contribution in [3.05, 3.63) is 24.3 Å². The third kappa shape index (κ3) is 5.01. The Balaban J connectivity index is 1.60. The minimum Gasteiger partial charge on any atom is -0.337 e. The van der Waals surface area contributed by atoms with Crippen LogP contribution in [0.25, 0.3) is 0 Å². The lowest BCUT2D eigenvalue weighted by Gasteiger charge is -2.39. The molecule has 0 aliphatic carbocycles. The lowest BCUT2D eigenvalue weighted by atomic mass is 9.98. The summed E-state index contributed by atoms with van der Waals surface area (Å²) in [5.74, 6) is 2.13. The molecule has 0 bridgehead atoms. The minimum atomic E-state index is 0.193. The van der Waals surface area contributed by atoms with E-state index in [0.717, 1.165) is 35.5 Å². The van der Waals surface area contributed by atoms with Crippen molar-refractivity contribution in [3.8, 4) is 0 Å². The second kappa shape index (κ2) is 9.54. The Bertz CT molecular complexity index is 744. The maximum absolute atomic E-state index is 12.7. The lowest BCUT2D eigenvalue weighted by molar-refractivity contribution is -0.134. The molecule has 3 heterocycles. The van der Waals surface area contributed by atoms with E-state index in [2.05, 4.69) is 45.5 Å². The first-order valence-electron chi connectivity index (χ1n) is 9.36. The van der Waals surface area contributed by atoms with Gasteiger partial charge >= 0.3 is 0 Å². The van der Waals surface area contributed by atoms with Gasteiger partial charge in [0.25, 0.3) is 0 Å². The van der Waals surface area contributed by atoms with Crippen LogP contribution < -0.4 is 0 Å². The topological polar surface area (TPSA) is 76.8 Å². The van der Waals surface area contributed by atoms with Gasteiger partial charge in [-0.2, -0.15) is 0 Å². The van der Waals surface area contributed by atoms with E-state index >= 15 is 0 Å². The zero-order valence-corrected chi connectivity index (χ0v) is 17.7. The molecule has 0 spiro atoms. The molecule has 3 rings (SSSR count). The maximum atomic E-state index is 12.7. The predicted octanol–water partition coefficient (Wildman–Crippen LogP) is 3.26. The Morgan fingerprint density at radius 1 is 1.15 bits per heavy atom. The first-order valence-corrected chi connectivity index (χ1v) is 11.3. The molecule has 7 nitrogen and oxygen atoms in total. The number of hydrogen-bond donors (Lipinski definition) is 0. The molecule has 0 N–H and O–H groups in total. The fourth-order valence-electron chi connectivity index (χ4n) is 3.45. The molecule has 0 aromatic carbocycles. The Morgan fingerprint density at radius 3 is 2.52 bits per heavy atom. The van der Waals surface area contributed by atoms with Crippen LogP contribution in [0, 0.1) is 0 Å². The van der Waals surface area contributed by atoms with E-state index in [-0.39, 0.29) is 5.91 Å². The fourth-order valence-corrected chi connectivity index (χ4v) is 5.09. The molecule has 1 aliphatic heterocycles. The third-order valence-corrected chi connectivity index (χ3v) is 6.61. The standard InChI is InChI=1S/C18H26N6OS2/c1-4-23-15(11-26-17-19-9-6-10-20-17)21-22-18(23)27-12-16(25)24-13(2)7-5-8-14(24)3/h6,9-10,13-14H,4-5,7-8,11-12H2,1-3H3/t13-,14+. The van der Waals surface area contributed by atoms with Gasteiger partial charge < -0.3 is 9.47 Å². The monoisotopic (exact) mass is 406 g/mol. The number of carbonyl (C=O) groups is 1. The highest BCUT2D eigenvalue weighted by Gasteiger charge is 2.29. The van der Waals surface area contributed by atoms with Crippen molar-refractivity contribution in [2.24, 2.45) is 0 Å². The number of carbonyl (C=O) groups excluding carboxylic acids is 1. The number of aromatic nitrogens is 5. The van der Waals surface area contributed by atoms with Crippen molar-refractivity contribution < 1.29 is 4.79 Å². The van der Waals surface area contributed by atoms with Crippen LogP contribution in [0.3, 0.4) is 0 Å². The number of nitrogens with zero attached hydrogens (tertiary/aromatic N) is 6. The van der Waals surface area contributed by atoms with Gasteiger partial charge in [-0.1, -0.05) is 23.5 Å². The van der Waals surface area contributed by atoms with E-state index < -0.39 is 0 Å². The zero-order valence-electron chi connectivity index (χ0n) is 16.0. The van der Waals surface area contributed by atoms with Crippen LogP contribution in [0.4, 0.5) is 0 Å². The van der Waals surface area contributed by atoms with Crippen molar-refractivity contribution in [3.63, 3.8) is 0 Å². The van der Waals surface area contributed by atoms with Gasteiger partial charge in [-0.25, -0.2) is 9.97 Å². The summed E-state index contributed by atoms with van der Waals surface area (Å²) < 4.78 is 2.07. The van der Waals surface area contributed by atoms with Gasteiger partial charge in [0.2, 0.25) is 5.91 Å². The van der Waals surface area contributed by atoms with Gasteiger partial charge in [0.05, 0.1) is 11.5 Å². The fraction of sp³-hybridized carbons (Fsp3) is 0.611. The Hall–Kier alpha value is -1.61. The largest absolute Gasteiger partial charge is 0.337 e. The molecule has 9 heteroatoms. The maximum Gasteiger partial charge on any atom is 0.233 e. The van der Waals surface area contributed by atoms with Crippen LogP contribution in [0.2, 0.25) is 0 Å². The van der Waals surface area contributed by atoms with Gasteiger partial charge in [-0.15, -0.1) is 10.2 Å². The van der Waals surface area contributed by atoms with Crippen LogP contribution in [-0.2, 0) is 17.1 Å². The summed E-state index contributed by atoms with van der Waals surface area (Å²) in [5.41, 5.74) is 0. The van der Waals surface area contributed by atoms with Gasteiger partial charge in [-0.05, 0) is 46.1 Å². The minimum absolute atomic E-state index is 0.193. The lowest BCUT2D eigenvalue weighted by Crippen LogP contribution is -2.48. The number of piperidine rings is 1. The first-order chi connectivity index (χ1) is 13.1. The molecule has 0 unspecified atom stereocenters. The van der Waals surface area contributed by atoms with Crippen LogP contribution >= 0.6 is 23.5 Å². The number of hydrogen-bond acceptors (Lipinski definition) is 7. The van der Waals surface area contributed by atoms with Crippen LogP contribution in [0.1, 0.15) is 45.9 Å². The molecule has 1 amide bonds. The normalized spacial score (nSPS) is 20.0. The van der Waals surface area contributed by atoms with E-state index in [1.165, 1.54) is 29.9 Å². The molecular weight excluding hydrogens is 380 g/mol. The van der Waals surface area contributed by atoms with Crippen LogP contribution in [-0.4, -0.2) is 53.4 Å². The van der Waals surface area contributed by atoms with E-state index in [0.29, 0.717) is 23.6 Å². The van der Waals surface area contributed by atoms with Gasteiger partial charge in [0, 0.05) is 31.0 Å². The third-order valence-electron chi connectivity index (χ3n) is 4.79. The molecule has 2 atom stereocenters. The zero-order chi connectivity index (χ0) is 19.2. The molecule has 1 saturated heterocycles. The molecule has 146 valence electrons. The van der Waals surface area contributed by atoms with Gasteiger partial charge in [0.1, 0.15) is 5.82 Å². The summed E-state index contributed by atoms with van der Waals surface area (Å²) in [5, 5.41) is 10.1. The van der Waals surface area contributed by atoms with E-state index in [1.54, 1.807) is 18.5 Å². The Morgan fingerprint density at radius 2 is 1.85 bits per heavy atom. The molecule has 1 fully saturated rings. The van der Waals surface area contributed by atoms with Gasteiger partial charge in [-0.3, -0.25) is 4.79 Å². The van der Waals surface area contributed by atoms with Crippen molar-refractivity contribution in [1.29, 1.82) is 0 Å². The summed E-state index contributed by atoms with van der Waals surface area (Å²) in [7, 11) is 0. The van der Waals surface area contributed by atoms with E-state index in [4.69, 9.17) is 0 Å². The summed E-state index contributed by atoms with van der Waals surface area (Å²) in [4.78, 5) is 23.2. The average Bonchev–Trinajstić information content (AvgIpc) is 3.07. The smallest absolute Gasteiger partial charge is 0.233 e. The molecule has 1 aliphatic rings. The molecular formula is C18H26N6OS2. The van der Waals surface area contributed by atoms with E-state index in [9.17, 15) is 4.79 Å². The molecule has 0 radical (unpaired) electrons. The van der Waals surface area contributed by atoms with E-state index in [1.807, 2.05) is 4.90 Å². The van der Waals surface area contributed by atoms with Gasteiger partial charge in [0.15, 0.2) is 10.3 Å². The highest BCUT2D eigenvalue weighted by molar-refractivity contribution is 7.99. The highest BCUT2D eigenvalue weighted by atomic mass is 32.2. The molecule has 2 aromatic rings.